The van der Waals surface area contributed by atoms with E-state index in [1.807, 2.05) is 0 Å². The van der Waals surface area contributed by atoms with Crippen LogP contribution in [-0.4, -0.2) is 32.4 Å². The van der Waals surface area contributed by atoms with Gasteiger partial charge in [0.25, 0.3) is 0 Å². The van der Waals surface area contributed by atoms with E-state index < -0.39 is 10.0 Å². The van der Waals surface area contributed by atoms with Gasteiger partial charge >= 0.3 is 0 Å². The molecule has 1 saturated carbocycles. The van der Waals surface area contributed by atoms with Gasteiger partial charge in [-0.05, 0) is 24.8 Å². The first-order valence-corrected chi connectivity index (χ1v) is 9.98. The summed E-state index contributed by atoms with van der Waals surface area (Å²) < 4.78 is 26.7. The molecule has 0 amide bonds. The Morgan fingerprint density at radius 2 is 2.05 bits per heavy atom. The van der Waals surface area contributed by atoms with E-state index in [9.17, 15) is 8.42 Å². The van der Waals surface area contributed by atoms with Gasteiger partial charge in [-0.15, -0.1) is 11.3 Å². The van der Waals surface area contributed by atoms with Crippen molar-refractivity contribution in [1.29, 1.82) is 0 Å². The van der Waals surface area contributed by atoms with Gasteiger partial charge in [-0.2, -0.15) is 0 Å². The van der Waals surface area contributed by atoms with Gasteiger partial charge in [-0.3, -0.25) is 0 Å². The molecule has 120 valence electrons. The Kier molecular flexibility index (Phi) is 5.82. The summed E-state index contributed by atoms with van der Waals surface area (Å²) in [7, 11) is -1.62. The molecule has 1 N–H and O–H groups in total. The molecule has 0 unspecified atom stereocenters. The monoisotopic (exact) mass is 330 g/mol. The number of rotatable bonds is 7. The van der Waals surface area contributed by atoms with E-state index in [1.165, 1.54) is 28.5 Å². The molecule has 1 aromatic heterocycles. The van der Waals surface area contributed by atoms with Crippen molar-refractivity contribution in [2.75, 3.05) is 13.6 Å². The largest absolute Gasteiger partial charge is 0.310 e. The first-order valence-electron chi connectivity index (χ1n) is 7.66. The van der Waals surface area contributed by atoms with Crippen LogP contribution in [0.1, 0.15) is 44.4 Å². The number of hydrogen-bond donors (Lipinski definition) is 1. The maximum Gasteiger partial charge on any atom is 0.243 e. The Bertz CT molecular complexity index is 546. The highest BCUT2D eigenvalue weighted by molar-refractivity contribution is 7.89. The molecule has 1 fully saturated rings. The fourth-order valence-electron chi connectivity index (χ4n) is 2.73. The highest BCUT2D eigenvalue weighted by Gasteiger charge is 2.26. The molecule has 0 radical (unpaired) electrons. The topological polar surface area (TPSA) is 49.4 Å². The number of hydrogen-bond acceptors (Lipinski definition) is 4. The first kappa shape index (κ1) is 16.9. The van der Waals surface area contributed by atoms with Crippen molar-refractivity contribution in [3.8, 4) is 0 Å². The van der Waals surface area contributed by atoms with Crippen LogP contribution < -0.4 is 5.32 Å². The van der Waals surface area contributed by atoms with Crippen molar-refractivity contribution in [3.63, 3.8) is 0 Å². The van der Waals surface area contributed by atoms with Gasteiger partial charge in [0.15, 0.2) is 0 Å². The zero-order valence-electron chi connectivity index (χ0n) is 13.1. The van der Waals surface area contributed by atoms with Crippen LogP contribution in [-0.2, 0) is 16.6 Å². The summed E-state index contributed by atoms with van der Waals surface area (Å²) in [5, 5.41) is 5.08. The molecule has 2 rings (SSSR count). The average Bonchev–Trinajstić information content (AvgIpc) is 3.07. The molecule has 0 atom stereocenters. The summed E-state index contributed by atoms with van der Waals surface area (Å²) in [6, 6.07) is 2.21. The van der Waals surface area contributed by atoms with Crippen molar-refractivity contribution in [1.82, 2.24) is 9.62 Å². The Hall–Kier alpha value is -0.430. The Morgan fingerprint density at radius 3 is 2.67 bits per heavy atom. The Balaban J connectivity index is 2.00. The second-order valence-electron chi connectivity index (χ2n) is 6.22. The maximum atomic E-state index is 12.6. The van der Waals surface area contributed by atoms with Crippen molar-refractivity contribution < 1.29 is 8.42 Å². The fourth-order valence-corrected chi connectivity index (χ4v) is 5.19. The van der Waals surface area contributed by atoms with E-state index in [4.69, 9.17) is 0 Å². The van der Waals surface area contributed by atoms with E-state index >= 15 is 0 Å². The minimum atomic E-state index is -3.33. The lowest BCUT2D eigenvalue weighted by Crippen LogP contribution is -2.31. The molecule has 0 bridgehead atoms. The lowest BCUT2D eigenvalue weighted by atomic mass is 10.1. The number of nitrogens with zero attached hydrogens (tertiary/aromatic N) is 1. The van der Waals surface area contributed by atoms with Crippen LogP contribution in [0.15, 0.2) is 16.3 Å². The molecule has 1 aliphatic carbocycles. The molecule has 1 heterocycles. The van der Waals surface area contributed by atoms with Gasteiger partial charge in [0.1, 0.15) is 0 Å². The van der Waals surface area contributed by atoms with Gasteiger partial charge in [0.05, 0.1) is 4.90 Å². The first-order chi connectivity index (χ1) is 9.89. The molecular weight excluding hydrogens is 304 g/mol. The van der Waals surface area contributed by atoms with Gasteiger partial charge < -0.3 is 5.32 Å². The predicted molar refractivity (Wildman–Crippen MR) is 88.1 cm³/mol. The summed E-state index contributed by atoms with van der Waals surface area (Å²) in [5.74, 6) is 0.533. The Morgan fingerprint density at radius 1 is 1.38 bits per heavy atom. The molecule has 1 aromatic rings. The lowest BCUT2D eigenvalue weighted by molar-refractivity contribution is 0.387. The quantitative estimate of drug-likeness (QED) is 0.836. The summed E-state index contributed by atoms with van der Waals surface area (Å²) in [5.41, 5.74) is 0. The van der Waals surface area contributed by atoms with Crippen LogP contribution in [0.3, 0.4) is 0 Å². The SMILES string of the molecule is CC(C)NCc1cc(S(=O)(=O)N(C)CC2CCCC2)cs1. The van der Waals surface area contributed by atoms with E-state index in [0.29, 0.717) is 23.4 Å². The zero-order valence-corrected chi connectivity index (χ0v) is 14.8. The third-order valence-corrected chi connectivity index (χ3v) is 6.90. The summed E-state index contributed by atoms with van der Waals surface area (Å²) in [6.07, 6.45) is 4.80. The second-order valence-corrected chi connectivity index (χ2v) is 9.26. The molecule has 4 nitrogen and oxygen atoms in total. The van der Waals surface area contributed by atoms with Crippen LogP contribution in [0.5, 0.6) is 0 Å². The third kappa shape index (κ3) is 4.52. The minimum absolute atomic E-state index is 0.400. The van der Waals surface area contributed by atoms with Crippen molar-refractivity contribution in [3.05, 3.63) is 16.3 Å². The summed E-state index contributed by atoms with van der Waals surface area (Å²) in [4.78, 5) is 1.50. The highest BCUT2D eigenvalue weighted by Crippen LogP contribution is 2.28. The van der Waals surface area contributed by atoms with E-state index in [1.54, 1.807) is 18.5 Å². The normalized spacial score (nSPS) is 17.2. The molecule has 21 heavy (non-hydrogen) atoms. The predicted octanol–water partition coefficient (Wildman–Crippen LogP) is 3.06. The van der Waals surface area contributed by atoms with Gasteiger partial charge in [0, 0.05) is 36.4 Å². The summed E-state index contributed by atoms with van der Waals surface area (Å²) >= 11 is 1.51. The minimum Gasteiger partial charge on any atom is -0.310 e. The zero-order chi connectivity index (χ0) is 15.5. The number of sulfonamides is 1. The molecule has 0 saturated heterocycles. The van der Waals surface area contributed by atoms with E-state index in [2.05, 4.69) is 19.2 Å². The van der Waals surface area contributed by atoms with Crippen LogP contribution in [0, 0.1) is 5.92 Å². The molecule has 0 aromatic carbocycles. The maximum absolute atomic E-state index is 12.6. The highest BCUT2D eigenvalue weighted by atomic mass is 32.2. The molecule has 1 aliphatic rings. The van der Waals surface area contributed by atoms with Gasteiger partial charge in [-0.25, -0.2) is 12.7 Å². The second kappa shape index (κ2) is 7.22. The lowest BCUT2D eigenvalue weighted by Gasteiger charge is -2.20. The molecule has 6 heteroatoms. The average molecular weight is 331 g/mol. The molecule has 0 spiro atoms. The van der Waals surface area contributed by atoms with E-state index in [-0.39, 0.29) is 0 Å². The van der Waals surface area contributed by atoms with Gasteiger partial charge in [0.2, 0.25) is 10.0 Å². The smallest absolute Gasteiger partial charge is 0.243 e. The van der Waals surface area contributed by atoms with Gasteiger partial charge in [-0.1, -0.05) is 26.7 Å². The fraction of sp³-hybridized carbons (Fsp3) is 0.733. The van der Waals surface area contributed by atoms with Crippen LogP contribution >= 0.6 is 11.3 Å². The number of thiophene rings is 1. The number of nitrogens with one attached hydrogen (secondary N) is 1. The van der Waals surface area contributed by atoms with E-state index in [0.717, 1.165) is 24.3 Å². The van der Waals surface area contributed by atoms with Crippen molar-refractivity contribution >= 4 is 21.4 Å². The standard InChI is InChI=1S/C15H26N2O2S2/c1-12(2)16-9-14-8-15(11-20-14)21(18,19)17(3)10-13-6-4-5-7-13/h8,11-13,16H,4-7,9-10H2,1-3H3. The molecular formula is C15H26N2O2S2. The Labute approximate surface area is 132 Å². The third-order valence-electron chi connectivity index (χ3n) is 4.01. The van der Waals surface area contributed by atoms with Crippen LogP contribution in [0.25, 0.3) is 0 Å². The van der Waals surface area contributed by atoms with Crippen LogP contribution in [0.2, 0.25) is 0 Å². The molecule has 0 aliphatic heterocycles. The summed E-state index contributed by atoms with van der Waals surface area (Å²) in [6.45, 7) is 5.54. The van der Waals surface area contributed by atoms with Crippen molar-refractivity contribution in [2.24, 2.45) is 5.92 Å². The van der Waals surface area contributed by atoms with Crippen molar-refractivity contribution in [2.45, 2.75) is 57.0 Å². The van der Waals surface area contributed by atoms with Crippen LogP contribution in [0.4, 0.5) is 0 Å².